The molecule has 0 radical (unpaired) electrons. The summed E-state index contributed by atoms with van der Waals surface area (Å²) >= 11 is 0. The number of amides is 1. The van der Waals surface area contributed by atoms with Crippen LogP contribution in [0.4, 0.5) is 5.88 Å². The van der Waals surface area contributed by atoms with Gasteiger partial charge in [-0.2, -0.15) is 0 Å². The van der Waals surface area contributed by atoms with E-state index in [-0.39, 0.29) is 29.2 Å². The standard InChI is InChI=1S/C29H23N3O5/c1-36-18-11-9-16(10-12-18)26-27(32-37-29(26)31-28(35)17-7-8-17)22-14-21(24(33)15-25(22)34)19-4-2-6-23-20(19)5-3-13-30-23/h2-6,9-15,17,33-34H,7-8H2,1H3,(H,31,35). The van der Waals surface area contributed by atoms with Gasteiger partial charge in [0, 0.05) is 34.7 Å². The van der Waals surface area contributed by atoms with Gasteiger partial charge in [0.1, 0.15) is 22.9 Å². The number of hydrogen-bond acceptors (Lipinski definition) is 7. The minimum absolute atomic E-state index is 0.0362. The molecule has 1 saturated carbocycles. The van der Waals surface area contributed by atoms with Gasteiger partial charge < -0.3 is 19.5 Å². The third-order valence-electron chi connectivity index (χ3n) is 6.56. The number of anilines is 1. The van der Waals surface area contributed by atoms with E-state index in [4.69, 9.17) is 9.26 Å². The molecule has 0 bridgehead atoms. The summed E-state index contributed by atoms with van der Waals surface area (Å²) in [7, 11) is 1.58. The highest BCUT2D eigenvalue weighted by molar-refractivity contribution is 6.01. The van der Waals surface area contributed by atoms with Crippen molar-refractivity contribution in [1.82, 2.24) is 10.1 Å². The van der Waals surface area contributed by atoms with Crippen LogP contribution < -0.4 is 10.1 Å². The van der Waals surface area contributed by atoms with Gasteiger partial charge in [0.05, 0.1) is 18.2 Å². The Bertz CT molecular complexity index is 1630. The lowest BCUT2D eigenvalue weighted by atomic mass is 9.94. The molecule has 184 valence electrons. The van der Waals surface area contributed by atoms with Gasteiger partial charge in [-0.1, -0.05) is 35.5 Å². The predicted octanol–water partition coefficient (Wildman–Crippen LogP) is 5.99. The zero-order valence-electron chi connectivity index (χ0n) is 19.9. The topological polar surface area (TPSA) is 118 Å². The summed E-state index contributed by atoms with van der Waals surface area (Å²) in [5, 5.41) is 29.7. The molecule has 2 heterocycles. The molecule has 0 unspecified atom stereocenters. The highest BCUT2D eigenvalue weighted by Crippen LogP contribution is 2.46. The minimum atomic E-state index is -0.178. The highest BCUT2D eigenvalue weighted by Gasteiger charge is 2.32. The maximum absolute atomic E-state index is 12.6. The summed E-state index contributed by atoms with van der Waals surface area (Å²) in [4.78, 5) is 17.0. The second kappa shape index (κ2) is 8.98. The summed E-state index contributed by atoms with van der Waals surface area (Å²) in [6, 6.07) is 19.6. The summed E-state index contributed by atoms with van der Waals surface area (Å²) in [5.74, 6) is 0.435. The average Bonchev–Trinajstić information content (AvgIpc) is 3.70. The number of aromatic hydroxyl groups is 2. The molecule has 1 fully saturated rings. The zero-order chi connectivity index (χ0) is 25.5. The number of methoxy groups -OCH3 is 1. The van der Waals surface area contributed by atoms with Crippen LogP contribution in [0.15, 0.2) is 77.4 Å². The Morgan fingerprint density at radius 2 is 1.76 bits per heavy atom. The van der Waals surface area contributed by atoms with Crippen molar-refractivity contribution in [3.05, 3.63) is 72.9 Å². The Morgan fingerprint density at radius 1 is 0.973 bits per heavy atom. The van der Waals surface area contributed by atoms with Crippen LogP contribution in [0.2, 0.25) is 0 Å². The maximum Gasteiger partial charge on any atom is 0.239 e. The van der Waals surface area contributed by atoms with Crippen LogP contribution in [0.5, 0.6) is 17.2 Å². The lowest BCUT2D eigenvalue weighted by molar-refractivity contribution is -0.117. The Morgan fingerprint density at radius 3 is 2.51 bits per heavy atom. The largest absolute Gasteiger partial charge is 0.507 e. The average molecular weight is 494 g/mol. The number of carbonyl (C=O) groups is 1. The minimum Gasteiger partial charge on any atom is -0.507 e. The first-order valence-corrected chi connectivity index (χ1v) is 11.9. The normalized spacial score (nSPS) is 13.0. The van der Waals surface area contributed by atoms with Gasteiger partial charge in [-0.25, -0.2) is 0 Å². The van der Waals surface area contributed by atoms with Crippen LogP contribution in [-0.4, -0.2) is 33.4 Å². The number of ether oxygens (including phenoxy) is 1. The summed E-state index contributed by atoms with van der Waals surface area (Å²) < 4.78 is 10.9. The molecule has 3 aromatic carbocycles. The first-order valence-electron chi connectivity index (χ1n) is 11.9. The number of aromatic nitrogens is 2. The third kappa shape index (κ3) is 4.12. The van der Waals surface area contributed by atoms with Gasteiger partial charge in [-0.05, 0) is 54.3 Å². The molecule has 1 aliphatic carbocycles. The Balaban J connectivity index is 1.53. The van der Waals surface area contributed by atoms with E-state index in [1.165, 1.54) is 6.07 Å². The fraction of sp³-hybridized carbons (Fsp3) is 0.138. The summed E-state index contributed by atoms with van der Waals surface area (Å²) in [5.41, 5.74) is 3.93. The molecular weight excluding hydrogens is 470 g/mol. The molecule has 3 N–H and O–H groups in total. The molecule has 2 aromatic heterocycles. The van der Waals surface area contributed by atoms with E-state index in [0.29, 0.717) is 33.7 Å². The molecular formula is C29H23N3O5. The number of benzene rings is 3. The fourth-order valence-electron chi connectivity index (χ4n) is 4.47. The Labute approximate surface area is 212 Å². The van der Waals surface area contributed by atoms with Gasteiger partial charge in [0.15, 0.2) is 0 Å². The second-order valence-corrected chi connectivity index (χ2v) is 8.99. The highest BCUT2D eigenvalue weighted by atomic mass is 16.5. The zero-order valence-corrected chi connectivity index (χ0v) is 19.9. The molecule has 0 aliphatic heterocycles. The van der Waals surface area contributed by atoms with E-state index < -0.39 is 0 Å². The van der Waals surface area contributed by atoms with E-state index in [1.807, 2.05) is 42.5 Å². The van der Waals surface area contributed by atoms with Gasteiger partial charge in [0.25, 0.3) is 0 Å². The monoisotopic (exact) mass is 493 g/mol. The van der Waals surface area contributed by atoms with Crippen molar-refractivity contribution in [3.63, 3.8) is 0 Å². The first kappa shape index (κ1) is 22.6. The molecule has 1 aliphatic rings. The van der Waals surface area contributed by atoms with Crippen LogP contribution >= 0.6 is 0 Å². The number of nitrogens with one attached hydrogen (secondary N) is 1. The van der Waals surface area contributed by atoms with Crippen molar-refractivity contribution in [2.45, 2.75) is 12.8 Å². The van der Waals surface area contributed by atoms with Gasteiger partial charge in [-0.15, -0.1) is 0 Å². The Kier molecular flexibility index (Phi) is 5.49. The molecule has 1 amide bonds. The van der Waals surface area contributed by atoms with Gasteiger partial charge >= 0.3 is 0 Å². The first-order chi connectivity index (χ1) is 18.0. The fourth-order valence-corrected chi connectivity index (χ4v) is 4.47. The molecule has 0 saturated heterocycles. The molecule has 6 rings (SSSR count). The molecule has 8 heteroatoms. The molecule has 0 spiro atoms. The van der Waals surface area contributed by atoms with Crippen LogP contribution in [0.3, 0.4) is 0 Å². The third-order valence-corrected chi connectivity index (χ3v) is 6.56. The van der Waals surface area contributed by atoms with E-state index in [0.717, 1.165) is 29.3 Å². The predicted molar refractivity (Wildman–Crippen MR) is 139 cm³/mol. The lowest BCUT2D eigenvalue weighted by Crippen LogP contribution is -2.13. The molecule has 37 heavy (non-hydrogen) atoms. The van der Waals surface area contributed by atoms with Crippen LogP contribution in [0.25, 0.3) is 44.4 Å². The lowest BCUT2D eigenvalue weighted by Gasteiger charge is -2.12. The number of phenolic OH excluding ortho intramolecular Hbond substituents is 2. The SMILES string of the molecule is COc1ccc(-c2c(-c3cc(-c4cccc5ncccc45)c(O)cc3O)noc2NC(=O)C2CC2)cc1. The smallest absolute Gasteiger partial charge is 0.239 e. The number of carbonyl (C=O) groups excluding carboxylic acids is 1. The number of phenols is 2. The maximum atomic E-state index is 12.6. The van der Waals surface area contributed by atoms with Gasteiger partial charge in [-0.3, -0.25) is 15.1 Å². The van der Waals surface area contributed by atoms with E-state index >= 15 is 0 Å². The summed E-state index contributed by atoms with van der Waals surface area (Å²) in [6.07, 6.45) is 3.39. The van der Waals surface area contributed by atoms with Crippen LogP contribution in [0, 0.1) is 5.92 Å². The van der Waals surface area contributed by atoms with Crippen molar-refractivity contribution in [1.29, 1.82) is 0 Å². The number of nitrogens with zero attached hydrogens (tertiary/aromatic N) is 2. The number of rotatable bonds is 6. The van der Waals surface area contributed by atoms with E-state index in [1.54, 1.807) is 31.5 Å². The van der Waals surface area contributed by atoms with Crippen molar-refractivity contribution >= 4 is 22.7 Å². The molecule has 8 nitrogen and oxygen atoms in total. The van der Waals surface area contributed by atoms with Crippen molar-refractivity contribution in [2.75, 3.05) is 12.4 Å². The number of fused-ring (bicyclic) bond motifs is 1. The summed E-state index contributed by atoms with van der Waals surface area (Å²) in [6.45, 7) is 0. The van der Waals surface area contributed by atoms with Crippen molar-refractivity contribution in [3.8, 4) is 50.8 Å². The van der Waals surface area contributed by atoms with Crippen LogP contribution in [0.1, 0.15) is 12.8 Å². The number of hydrogen-bond donors (Lipinski definition) is 3. The quantitative estimate of drug-likeness (QED) is 0.266. The van der Waals surface area contributed by atoms with Gasteiger partial charge in [0.2, 0.25) is 11.8 Å². The van der Waals surface area contributed by atoms with E-state index in [2.05, 4.69) is 15.5 Å². The molecule has 0 atom stereocenters. The number of pyridine rings is 1. The molecule has 5 aromatic rings. The van der Waals surface area contributed by atoms with Crippen LogP contribution in [-0.2, 0) is 4.79 Å². The van der Waals surface area contributed by atoms with E-state index in [9.17, 15) is 15.0 Å². The Hall–Kier alpha value is -4.85. The van der Waals surface area contributed by atoms with Crippen molar-refractivity contribution in [2.24, 2.45) is 5.92 Å². The second-order valence-electron chi connectivity index (χ2n) is 8.99. The van der Waals surface area contributed by atoms with Crippen molar-refractivity contribution < 1.29 is 24.3 Å².